The minimum atomic E-state index is -0.315. The summed E-state index contributed by atoms with van der Waals surface area (Å²) in [5.74, 6) is 0.370. The Hall–Kier alpha value is -2.68. The number of rotatable bonds is 3. The molecule has 21 heavy (non-hydrogen) atoms. The molecule has 0 aliphatic heterocycles. The van der Waals surface area contributed by atoms with Gasteiger partial charge in [0.25, 0.3) is 0 Å². The highest BCUT2D eigenvalue weighted by atomic mass is 16.4. The first-order chi connectivity index (χ1) is 10.2. The van der Waals surface area contributed by atoms with Gasteiger partial charge in [-0.2, -0.15) is 0 Å². The van der Waals surface area contributed by atoms with Gasteiger partial charge >= 0.3 is 5.63 Å². The van der Waals surface area contributed by atoms with E-state index in [2.05, 4.69) is 4.98 Å². The summed E-state index contributed by atoms with van der Waals surface area (Å²) in [6.07, 6.45) is 0.539. The van der Waals surface area contributed by atoms with Gasteiger partial charge in [-0.25, -0.2) is 9.78 Å². The molecular weight excluding hydrogens is 262 g/mol. The molecule has 0 fully saturated rings. The third-order valence-corrected chi connectivity index (χ3v) is 3.39. The lowest BCUT2D eigenvalue weighted by atomic mass is 10.1. The molecule has 3 aromatic rings. The third kappa shape index (κ3) is 2.92. The molecular formula is C18H15NO2. The molecule has 0 bridgehead atoms. The summed E-state index contributed by atoms with van der Waals surface area (Å²) in [6.45, 7) is 1.85. The summed E-state index contributed by atoms with van der Waals surface area (Å²) in [6, 6.07) is 19.3. The minimum absolute atomic E-state index is 0.315. The molecule has 1 heterocycles. The summed E-state index contributed by atoms with van der Waals surface area (Å²) in [5, 5.41) is 0. The molecule has 3 heteroatoms. The van der Waals surface area contributed by atoms with Crippen molar-refractivity contribution in [3.8, 4) is 11.5 Å². The Bertz CT molecular complexity index is 792. The van der Waals surface area contributed by atoms with E-state index in [-0.39, 0.29) is 5.63 Å². The highest BCUT2D eigenvalue weighted by molar-refractivity contribution is 5.52. The van der Waals surface area contributed by atoms with Crippen molar-refractivity contribution in [3.05, 3.63) is 87.9 Å². The number of hydrogen-bond donors (Lipinski definition) is 0. The fraction of sp³-hybridized carbons (Fsp3) is 0.111. The van der Waals surface area contributed by atoms with E-state index in [0.29, 0.717) is 23.6 Å². The Kier molecular flexibility index (Phi) is 3.65. The number of aromatic nitrogens is 1. The van der Waals surface area contributed by atoms with Crippen LogP contribution in [0.3, 0.4) is 0 Å². The first-order valence-corrected chi connectivity index (χ1v) is 6.84. The zero-order chi connectivity index (χ0) is 14.7. The maximum absolute atomic E-state index is 12.2. The average molecular weight is 277 g/mol. The molecule has 0 aliphatic carbocycles. The van der Waals surface area contributed by atoms with Gasteiger partial charge in [0.15, 0.2) is 0 Å². The quantitative estimate of drug-likeness (QED) is 0.734. The van der Waals surface area contributed by atoms with Crippen molar-refractivity contribution in [3.63, 3.8) is 0 Å². The zero-order valence-corrected chi connectivity index (χ0v) is 11.7. The fourth-order valence-corrected chi connectivity index (χ4v) is 2.24. The van der Waals surface area contributed by atoms with Gasteiger partial charge in [-0.05, 0) is 24.6 Å². The molecule has 0 unspecified atom stereocenters. The summed E-state index contributed by atoms with van der Waals surface area (Å²) < 4.78 is 5.38. The van der Waals surface area contributed by atoms with Crippen LogP contribution in [0.15, 0.2) is 69.9 Å². The van der Waals surface area contributed by atoms with Crippen molar-refractivity contribution in [2.45, 2.75) is 13.3 Å². The van der Waals surface area contributed by atoms with Crippen LogP contribution < -0.4 is 5.63 Å². The lowest BCUT2D eigenvalue weighted by molar-refractivity contribution is 0.496. The highest BCUT2D eigenvalue weighted by Crippen LogP contribution is 2.17. The van der Waals surface area contributed by atoms with Crippen LogP contribution in [0.25, 0.3) is 11.5 Å². The lowest BCUT2D eigenvalue weighted by Crippen LogP contribution is -2.13. The molecule has 3 rings (SSSR count). The highest BCUT2D eigenvalue weighted by Gasteiger charge is 2.12. The summed E-state index contributed by atoms with van der Waals surface area (Å²) >= 11 is 0. The van der Waals surface area contributed by atoms with Gasteiger partial charge < -0.3 is 4.42 Å². The average Bonchev–Trinajstić information content (AvgIpc) is 2.52. The molecule has 0 radical (unpaired) electrons. The number of aryl methyl sites for hydroxylation is 1. The van der Waals surface area contributed by atoms with Crippen molar-refractivity contribution < 1.29 is 4.42 Å². The summed E-state index contributed by atoms with van der Waals surface area (Å²) in [4.78, 5) is 16.7. The van der Waals surface area contributed by atoms with Gasteiger partial charge in [0.1, 0.15) is 0 Å². The van der Waals surface area contributed by atoms with E-state index in [1.54, 1.807) is 0 Å². The number of nitrogens with zero attached hydrogens (tertiary/aromatic N) is 1. The van der Waals surface area contributed by atoms with Crippen LogP contribution in [-0.4, -0.2) is 4.98 Å². The van der Waals surface area contributed by atoms with Crippen molar-refractivity contribution in [2.75, 3.05) is 0 Å². The fourth-order valence-electron chi connectivity index (χ4n) is 2.24. The Balaban J connectivity index is 1.99. The molecule has 0 spiro atoms. The van der Waals surface area contributed by atoms with Gasteiger partial charge in [0, 0.05) is 12.0 Å². The lowest BCUT2D eigenvalue weighted by Gasteiger charge is -2.06. The monoisotopic (exact) mass is 277 g/mol. The van der Waals surface area contributed by atoms with E-state index in [1.165, 1.54) is 0 Å². The van der Waals surface area contributed by atoms with Gasteiger partial charge in [-0.3, -0.25) is 0 Å². The first-order valence-electron chi connectivity index (χ1n) is 6.84. The van der Waals surface area contributed by atoms with E-state index in [4.69, 9.17) is 4.42 Å². The Labute approximate surface area is 122 Å². The maximum Gasteiger partial charge on any atom is 0.342 e. The van der Waals surface area contributed by atoms with E-state index in [1.807, 2.05) is 67.6 Å². The van der Waals surface area contributed by atoms with Crippen LogP contribution in [0.5, 0.6) is 0 Å². The standard InChI is InChI=1S/C18H15NO2/c1-13-16(12-14-8-4-2-5-9-14)18(20)21-17(19-13)15-10-6-3-7-11-15/h2-11H,12H2,1H3. The van der Waals surface area contributed by atoms with Crippen LogP contribution in [0.1, 0.15) is 16.8 Å². The van der Waals surface area contributed by atoms with Gasteiger partial charge in [0.2, 0.25) is 5.89 Å². The number of benzene rings is 2. The molecule has 0 saturated carbocycles. The van der Waals surface area contributed by atoms with E-state index in [0.717, 1.165) is 11.1 Å². The molecule has 0 saturated heterocycles. The Morgan fingerprint density at radius 2 is 1.57 bits per heavy atom. The first kappa shape index (κ1) is 13.3. The molecule has 0 N–H and O–H groups in total. The van der Waals surface area contributed by atoms with Crippen LogP contribution in [0, 0.1) is 6.92 Å². The van der Waals surface area contributed by atoms with Gasteiger partial charge in [0.05, 0.1) is 11.3 Å². The molecule has 2 aromatic carbocycles. The zero-order valence-electron chi connectivity index (χ0n) is 11.7. The summed E-state index contributed by atoms with van der Waals surface area (Å²) in [5.41, 5.74) is 2.89. The van der Waals surface area contributed by atoms with Crippen molar-refractivity contribution in [1.29, 1.82) is 0 Å². The molecule has 0 aliphatic rings. The molecule has 3 nitrogen and oxygen atoms in total. The normalized spacial score (nSPS) is 10.5. The van der Waals surface area contributed by atoms with Crippen LogP contribution in [0.4, 0.5) is 0 Å². The number of hydrogen-bond acceptors (Lipinski definition) is 3. The largest absolute Gasteiger partial charge is 0.403 e. The Morgan fingerprint density at radius 3 is 2.19 bits per heavy atom. The predicted molar refractivity (Wildman–Crippen MR) is 82.2 cm³/mol. The van der Waals surface area contributed by atoms with E-state index < -0.39 is 0 Å². The third-order valence-electron chi connectivity index (χ3n) is 3.39. The topological polar surface area (TPSA) is 43.1 Å². The van der Waals surface area contributed by atoms with Crippen molar-refractivity contribution in [1.82, 2.24) is 4.98 Å². The van der Waals surface area contributed by atoms with Gasteiger partial charge in [-0.15, -0.1) is 0 Å². The van der Waals surface area contributed by atoms with E-state index >= 15 is 0 Å². The maximum atomic E-state index is 12.2. The Morgan fingerprint density at radius 1 is 0.952 bits per heavy atom. The molecule has 1 aromatic heterocycles. The smallest absolute Gasteiger partial charge is 0.342 e. The summed E-state index contributed by atoms with van der Waals surface area (Å²) in [7, 11) is 0. The van der Waals surface area contributed by atoms with Crippen molar-refractivity contribution in [2.24, 2.45) is 0 Å². The SMILES string of the molecule is Cc1nc(-c2ccccc2)oc(=O)c1Cc1ccccc1. The van der Waals surface area contributed by atoms with Gasteiger partial charge in [-0.1, -0.05) is 48.5 Å². The molecule has 0 amide bonds. The predicted octanol–water partition coefficient (Wildman–Crippen LogP) is 3.60. The second-order valence-electron chi connectivity index (χ2n) is 4.90. The minimum Gasteiger partial charge on any atom is -0.403 e. The van der Waals surface area contributed by atoms with E-state index in [9.17, 15) is 4.79 Å². The molecule has 104 valence electrons. The second kappa shape index (κ2) is 5.75. The van der Waals surface area contributed by atoms with Crippen LogP contribution >= 0.6 is 0 Å². The molecule has 0 atom stereocenters. The van der Waals surface area contributed by atoms with Crippen molar-refractivity contribution >= 4 is 0 Å². The van der Waals surface area contributed by atoms with Crippen LogP contribution in [-0.2, 0) is 6.42 Å². The van der Waals surface area contributed by atoms with Crippen LogP contribution in [0.2, 0.25) is 0 Å². The second-order valence-corrected chi connectivity index (χ2v) is 4.90.